The fourth-order valence-corrected chi connectivity index (χ4v) is 8.41. The summed E-state index contributed by atoms with van der Waals surface area (Å²) in [5.41, 5.74) is 3.74. The highest BCUT2D eigenvalue weighted by molar-refractivity contribution is 7.51. The third-order valence-electron chi connectivity index (χ3n) is 5.61. The van der Waals surface area contributed by atoms with Crippen molar-refractivity contribution in [2.75, 3.05) is 14.2 Å². The Hall–Kier alpha value is -2.86. The molecule has 2 nitrogen and oxygen atoms in total. The van der Waals surface area contributed by atoms with Crippen LogP contribution in [0.25, 0.3) is 50.5 Å². The van der Waals surface area contributed by atoms with Gasteiger partial charge in [-0.05, 0) is 53.6 Å². The molecule has 0 unspecified atom stereocenters. The number of hydrogen-bond donors (Lipinski definition) is 0. The second-order valence-corrected chi connectivity index (χ2v) is 10.9. The van der Waals surface area contributed by atoms with E-state index in [0.29, 0.717) is 0 Å². The third-order valence-corrected chi connectivity index (χ3v) is 9.38. The van der Waals surface area contributed by atoms with Gasteiger partial charge in [-0.1, -0.05) is 30.3 Å². The maximum atomic E-state index is 5.41. The molecule has 152 valence electrons. The number of methoxy groups -OCH3 is 2. The fraction of sp³-hybridized carbons (Fsp3) is 0.0769. The summed E-state index contributed by atoms with van der Waals surface area (Å²) < 4.78 is 14.9. The molecule has 6 rings (SSSR count). The first-order valence-corrected chi connectivity index (χ1v) is 12.4. The second-order valence-electron chi connectivity index (χ2n) is 7.29. The zero-order valence-corrected chi connectivity index (χ0v) is 19.4. The van der Waals surface area contributed by atoms with Crippen LogP contribution in [0.15, 0.2) is 72.8 Å². The van der Waals surface area contributed by atoms with E-state index in [1.807, 2.05) is 58.3 Å². The highest BCUT2D eigenvalue weighted by Gasteiger charge is 2.22. The van der Waals surface area contributed by atoms with Gasteiger partial charge >= 0.3 is 0 Å². The van der Waals surface area contributed by atoms with Crippen LogP contribution in [0.3, 0.4) is 0 Å². The fourth-order valence-electron chi connectivity index (χ4n) is 4.10. The van der Waals surface area contributed by atoms with Gasteiger partial charge in [0.05, 0.1) is 22.2 Å². The smallest absolute Gasteiger partial charge is 0.118 e. The van der Waals surface area contributed by atoms with Crippen LogP contribution in [-0.4, -0.2) is 14.2 Å². The van der Waals surface area contributed by atoms with Crippen LogP contribution in [0.2, 0.25) is 0 Å². The van der Waals surface area contributed by atoms with Gasteiger partial charge < -0.3 is 9.47 Å². The molecule has 0 spiro atoms. The van der Waals surface area contributed by atoms with Gasteiger partial charge in [0.15, 0.2) is 0 Å². The van der Waals surface area contributed by atoms with Crippen LogP contribution in [0.5, 0.6) is 11.5 Å². The molecule has 6 aromatic rings. The zero-order chi connectivity index (χ0) is 20.9. The predicted octanol–water partition coefficient (Wildman–Crippen LogP) is 8.68. The Morgan fingerprint density at radius 3 is 1.87 bits per heavy atom. The van der Waals surface area contributed by atoms with E-state index in [9.17, 15) is 0 Å². The molecule has 31 heavy (non-hydrogen) atoms. The first-order valence-electron chi connectivity index (χ1n) is 9.92. The lowest BCUT2D eigenvalue weighted by Crippen LogP contribution is -1.85. The molecule has 0 amide bonds. The monoisotopic (exact) mass is 458 g/mol. The highest BCUT2D eigenvalue weighted by Crippen LogP contribution is 2.54. The van der Waals surface area contributed by atoms with E-state index in [1.54, 1.807) is 14.2 Å². The number of benzene rings is 3. The molecule has 0 aliphatic heterocycles. The molecule has 0 N–H and O–H groups in total. The molecule has 5 heteroatoms. The molecule has 3 aromatic heterocycles. The number of rotatable bonds is 4. The van der Waals surface area contributed by atoms with Gasteiger partial charge in [-0.3, -0.25) is 0 Å². The van der Waals surface area contributed by atoms with E-state index in [4.69, 9.17) is 9.47 Å². The van der Waals surface area contributed by atoms with Gasteiger partial charge in [-0.2, -0.15) is 0 Å². The number of thiophene rings is 3. The van der Waals surface area contributed by atoms with Crippen LogP contribution >= 0.6 is 34.0 Å². The Balaban J connectivity index is 1.70. The van der Waals surface area contributed by atoms with Crippen molar-refractivity contribution < 1.29 is 9.47 Å². The second kappa shape index (κ2) is 7.38. The summed E-state index contributed by atoms with van der Waals surface area (Å²) in [4.78, 5) is 1.30. The maximum Gasteiger partial charge on any atom is 0.118 e. The van der Waals surface area contributed by atoms with Crippen molar-refractivity contribution >= 4 is 62.9 Å². The molecule has 0 aliphatic rings. The van der Waals surface area contributed by atoms with Gasteiger partial charge in [-0.25, -0.2) is 0 Å². The molecule has 3 heterocycles. The van der Waals surface area contributed by atoms with Crippen molar-refractivity contribution in [3.8, 4) is 33.1 Å². The van der Waals surface area contributed by atoms with Crippen LogP contribution in [0.1, 0.15) is 0 Å². The van der Waals surface area contributed by atoms with Gasteiger partial charge in [0.1, 0.15) is 11.5 Å². The third kappa shape index (κ3) is 2.96. The Kier molecular flexibility index (Phi) is 4.49. The average molecular weight is 459 g/mol. The Labute approximate surface area is 191 Å². The van der Waals surface area contributed by atoms with Crippen LogP contribution in [0, 0.1) is 0 Å². The largest absolute Gasteiger partial charge is 0.497 e. The summed E-state index contributed by atoms with van der Waals surface area (Å²) in [7, 11) is 3.41. The van der Waals surface area contributed by atoms with Crippen molar-refractivity contribution in [3.63, 3.8) is 0 Å². The lowest BCUT2D eigenvalue weighted by Gasteiger charge is -2.08. The molecule has 0 aliphatic carbocycles. The summed E-state index contributed by atoms with van der Waals surface area (Å²) in [6, 6.07) is 25.6. The maximum absolute atomic E-state index is 5.41. The lowest BCUT2D eigenvalue weighted by molar-refractivity contribution is 0.414. The number of ether oxygens (including phenoxy) is 2. The minimum absolute atomic E-state index is 0.873. The number of fused-ring (bicyclic) bond motifs is 5. The molecule has 3 aromatic carbocycles. The van der Waals surface area contributed by atoms with E-state index in [2.05, 4.69) is 48.5 Å². The number of hydrogen-bond acceptors (Lipinski definition) is 5. The summed E-state index contributed by atoms with van der Waals surface area (Å²) in [5, 5.41) is 4.11. The predicted molar refractivity (Wildman–Crippen MR) is 137 cm³/mol. The molecule has 0 saturated carbocycles. The van der Waals surface area contributed by atoms with E-state index < -0.39 is 0 Å². The van der Waals surface area contributed by atoms with Gasteiger partial charge in [-0.15, -0.1) is 34.0 Å². The first kappa shape index (κ1) is 18.9. The molecular formula is C26H18O2S3. The summed E-state index contributed by atoms with van der Waals surface area (Å²) in [6.07, 6.45) is 0. The Morgan fingerprint density at radius 1 is 0.581 bits per heavy atom. The SMILES string of the molecule is COc1ccc(-c2sc3sc4sc5ccccc5c4c3c2-c2ccc(OC)cc2)cc1. The summed E-state index contributed by atoms with van der Waals surface area (Å²) >= 11 is 5.70. The minimum Gasteiger partial charge on any atom is -0.497 e. The Bertz CT molecular complexity index is 1530. The molecule has 0 saturated heterocycles. The van der Waals surface area contributed by atoms with Crippen molar-refractivity contribution in [3.05, 3.63) is 72.8 Å². The highest BCUT2D eigenvalue weighted by atomic mass is 32.2. The van der Waals surface area contributed by atoms with E-state index in [0.717, 1.165) is 11.5 Å². The van der Waals surface area contributed by atoms with Crippen LogP contribution in [0.4, 0.5) is 0 Å². The van der Waals surface area contributed by atoms with E-state index >= 15 is 0 Å². The minimum atomic E-state index is 0.873. The van der Waals surface area contributed by atoms with Crippen molar-refractivity contribution in [1.29, 1.82) is 0 Å². The van der Waals surface area contributed by atoms with Gasteiger partial charge in [0, 0.05) is 31.3 Å². The van der Waals surface area contributed by atoms with Crippen molar-refractivity contribution in [2.45, 2.75) is 0 Å². The van der Waals surface area contributed by atoms with Crippen molar-refractivity contribution in [1.82, 2.24) is 0 Å². The normalized spacial score (nSPS) is 11.5. The molecule has 0 atom stereocenters. The standard InChI is InChI=1S/C26H18O2S3/c1-27-17-11-7-15(8-12-17)21-23-22-19-5-3-4-6-20(19)29-25(22)31-26(23)30-24(21)16-9-13-18(28-2)14-10-16/h3-14H,1-2H3. The van der Waals surface area contributed by atoms with Crippen LogP contribution in [-0.2, 0) is 0 Å². The molecule has 0 fully saturated rings. The first-order chi connectivity index (χ1) is 15.3. The zero-order valence-electron chi connectivity index (χ0n) is 17.0. The van der Waals surface area contributed by atoms with Crippen molar-refractivity contribution in [2.24, 2.45) is 0 Å². The van der Waals surface area contributed by atoms with Gasteiger partial charge in [0.2, 0.25) is 0 Å². The molecular weight excluding hydrogens is 440 g/mol. The topological polar surface area (TPSA) is 18.5 Å². The average Bonchev–Trinajstić information content (AvgIpc) is 3.46. The molecule has 0 radical (unpaired) electrons. The lowest BCUT2D eigenvalue weighted by atomic mass is 9.98. The summed E-state index contributed by atoms with van der Waals surface area (Å²) in [5.74, 6) is 1.75. The van der Waals surface area contributed by atoms with Crippen LogP contribution < -0.4 is 9.47 Å². The summed E-state index contributed by atoms with van der Waals surface area (Å²) in [6.45, 7) is 0. The molecule has 0 bridgehead atoms. The van der Waals surface area contributed by atoms with E-state index in [1.165, 1.54) is 50.5 Å². The quantitative estimate of drug-likeness (QED) is 0.263. The Morgan fingerprint density at radius 2 is 1.19 bits per heavy atom. The van der Waals surface area contributed by atoms with E-state index in [-0.39, 0.29) is 0 Å². The van der Waals surface area contributed by atoms with Gasteiger partial charge in [0.25, 0.3) is 0 Å².